The predicted molar refractivity (Wildman–Crippen MR) is 97.8 cm³/mol. The summed E-state index contributed by atoms with van der Waals surface area (Å²) >= 11 is 0. The molecule has 0 amide bonds. The van der Waals surface area contributed by atoms with E-state index in [2.05, 4.69) is 85.7 Å². The van der Waals surface area contributed by atoms with E-state index in [0.717, 1.165) is 0 Å². The van der Waals surface area contributed by atoms with Crippen molar-refractivity contribution in [2.24, 2.45) is 5.10 Å². The summed E-state index contributed by atoms with van der Waals surface area (Å²) in [6, 6.07) is 22.4. The molecule has 3 rings (SSSR count). The van der Waals surface area contributed by atoms with Crippen molar-refractivity contribution in [3.63, 3.8) is 0 Å². The number of nitrogens with zero attached hydrogens (tertiary/aromatic N) is 2. The molecule has 0 aliphatic carbocycles. The molecule has 2 aromatic carbocycles. The zero-order valence-electron chi connectivity index (χ0n) is 14.1. The number of hydrogen-bond donors (Lipinski definition) is 0. The molecule has 1 saturated heterocycles. The molecule has 0 bridgehead atoms. The van der Waals surface area contributed by atoms with Crippen LogP contribution in [0.5, 0.6) is 0 Å². The molecule has 2 nitrogen and oxygen atoms in total. The van der Waals surface area contributed by atoms with E-state index in [0.29, 0.717) is 12.1 Å². The summed E-state index contributed by atoms with van der Waals surface area (Å²) in [5.74, 6) is 0.207. The first-order chi connectivity index (χ1) is 11.3. The Kier molecular flexibility index (Phi) is 5.12. The number of piperidine rings is 1. The van der Waals surface area contributed by atoms with Crippen LogP contribution in [0.1, 0.15) is 50.2 Å². The van der Waals surface area contributed by atoms with E-state index in [9.17, 15) is 0 Å². The lowest BCUT2D eigenvalue weighted by molar-refractivity contribution is 0.109. The van der Waals surface area contributed by atoms with Gasteiger partial charge in [0.05, 0.1) is 0 Å². The molecule has 1 fully saturated rings. The third-order valence-electron chi connectivity index (χ3n) is 4.81. The molecule has 0 radical (unpaired) electrons. The van der Waals surface area contributed by atoms with Crippen LogP contribution >= 0.6 is 0 Å². The fourth-order valence-corrected chi connectivity index (χ4v) is 3.46. The first kappa shape index (κ1) is 15.8. The highest BCUT2D eigenvalue weighted by molar-refractivity contribution is 5.72. The van der Waals surface area contributed by atoms with Gasteiger partial charge in [-0.3, -0.25) is 5.01 Å². The molecule has 120 valence electrons. The lowest BCUT2D eigenvalue weighted by Gasteiger charge is -2.37. The summed E-state index contributed by atoms with van der Waals surface area (Å²) in [6.45, 7) is 4.57. The van der Waals surface area contributed by atoms with Gasteiger partial charge in [-0.15, -0.1) is 0 Å². The topological polar surface area (TPSA) is 15.6 Å². The largest absolute Gasteiger partial charge is 0.292 e. The summed E-state index contributed by atoms with van der Waals surface area (Å²) in [4.78, 5) is 0. The molecule has 1 aliphatic rings. The number of hydrogen-bond acceptors (Lipinski definition) is 2. The van der Waals surface area contributed by atoms with E-state index >= 15 is 0 Å². The highest BCUT2D eigenvalue weighted by Gasteiger charge is 2.23. The zero-order chi connectivity index (χ0) is 16.1. The van der Waals surface area contributed by atoms with Crippen molar-refractivity contribution >= 4 is 6.21 Å². The van der Waals surface area contributed by atoms with Crippen molar-refractivity contribution in [1.29, 1.82) is 0 Å². The Morgan fingerprint density at radius 1 is 0.870 bits per heavy atom. The average Bonchev–Trinajstić information content (AvgIpc) is 2.59. The molecule has 2 atom stereocenters. The monoisotopic (exact) mass is 306 g/mol. The Morgan fingerprint density at radius 3 is 1.83 bits per heavy atom. The Morgan fingerprint density at radius 2 is 1.35 bits per heavy atom. The lowest BCUT2D eigenvalue weighted by atomic mass is 9.92. The minimum Gasteiger partial charge on any atom is -0.292 e. The second-order valence-electron chi connectivity index (χ2n) is 6.57. The van der Waals surface area contributed by atoms with Crippen LogP contribution in [0, 0.1) is 0 Å². The molecule has 0 spiro atoms. The Bertz CT molecular complexity index is 571. The van der Waals surface area contributed by atoms with Gasteiger partial charge in [-0.25, -0.2) is 0 Å². The van der Waals surface area contributed by atoms with Crippen LogP contribution < -0.4 is 0 Å². The van der Waals surface area contributed by atoms with E-state index in [4.69, 9.17) is 5.10 Å². The van der Waals surface area contributed by atoms with Crippen molar-refractivity contribution in [1.82, 2.24) is 5.01 Å². The summed E-state index contributed by atoms with van der Waals surface area (Å²) in [5.41, 5.74) is 2.58. The molecule has 23 heavy (non-hydrogen) atoms. The number of benzene rings is 2. The van der Waals surface area contributed by atoms with Gasteiger partial charge in [0.1, 0.15) is 0 Å². The van der Waals surface area contributed by atoms with E-state index in [1.165, 1.54) is 30.4 Å². The summed E-state index contributed by atoms with van der Waals surface area (Å²) in [7, 11) is 0. The fraction of sp³-hybridized carbons (Fsp3) is 0.381. The second-order valence-corrected chi connectivity index (χ2v) is 6.57. The van der Waals surface area contributed by atoms with Crippen molar-refractivity contribution in [3.05, 3.63) is 71.8 Å². The van der Waals surface area contributed by atoms with Crippen molar-refractivity contribution in [2.75, 3.05) is 0 Å². The van der Waals surface area contributed by atoms with Crippen LogP contribution in [0.3, 0.4) is 0 Å². The van der Waals surface area contributed by atoms with Gasteiger partial charge in [-0.1, -0.05) is 60.7 Å². The van der Waals surface area contributed by atoms with Crippen molar-refractivity contribution < 1.29 is 0 Å². The maximum Gasteiger partial charge on any atom is 0.0461 e. The van der Waals surface area contributed by atoms with Crippen LogP contribution in [0.4, 0.5) is 0 Å². The summed E-state index contributed by atoms with van der Waals surface area (Å²) in [6.07, 6.45) is 5.92. The smallest absolute Gasteiger partial charge is 0.0461 e. The normalized spacial score (nSPS) is 22.0. The molecule has 1 heterocycles. The van der Waals surface area contributed by atoms with Gasteiger partial charge in [0.15, 0.2) is 0 Å². The standard InChI is InChI=1S/C21H26N2/c1-17-10-9-11-18(2)23(17)22-16-21(19-12-5-3-6-13-19)20-14-7-4-8-15-20/h3-8,12-18,21H,9-11H2,1-2H3. The number of hydrazone groups is 1. The van der Waals surface area contributed by atoms with Gasteiger partial charge >= 0.3 is 0 Å². The first-order valence-corrected chi connectivity index (χ1v) is 8.68. The van der Waals surface area contributed by atoms with Crippen molar-refractivity contribution in [3.8, 4) is 0 Å². The molecule has 0 saturated carbocycles. The molecule has 1 aliphatic heterocycles. The molecule has 2 unspecified atom stereocenters. The van der Waals surface area contributed by atoms with Crippen LogP contribution in [0.15, 0.2) is 65.8 Å². The van der Waals surface area contributed by atoms with Crippen LogP contribution in [-0.4, -0.2) is 23.3 Å². The fourth-order valence-electron chi connectivity index (χ4n) is 3.46. The highest BCUT2D eigenvalue weighted by atomic mass is 15.5. The summed E-state index contributed by atoms with van der Waals surface area (Å²) in [5, 5.41) is 7.20. The van der Waals surface area contributed by atoms with E-state index < -0.39 is 0 Å². The SMILES string of the molecule is CC1CCCC(C)N1N=CC(c1ccccc1)c1ccccc1. The highest BCUT2D eigenvalue weighted by Crippen LogP contribution is 2.26. The molecular weight excluding hydrogens is 280 g/mol. The Labute approximate surface area is 139 Å². The average molecular weight is 306 g/mol. The lowest BCUT2D eigenvalue weighted by Crippen LogP contribution is -2.39. The van der Waals surface area contributed by atoms with E-state index in [1.807, 2.05) is 0 Å². The quantitative estimate of drug-likeness (QED) is 0.720. The maximum atomic E-state index is 4.91. The van der Waals surface area contributed by atoms with Gasteiger partial charge in [-0.2, -0.15) is 5.10 Å². The van der Waals surface area contributed by atoms with Gasteiger partial charge in [0, 0.05) is 24.2 Å². The van der Waals surface area contributed by atoms with Gasteiger partial charge in [0.2, 0.25) is 0 Å². The van der Waals surface area contributed by atoms with Crippen LogP contribution in [0.2, 0.25) is 0 Å². The van der Waals surface area contributed by atoms with E-state index in [-0.39, 0.29) is 5.92 Å². The third kappa shape index (κ3) is 3.82. The molecule has 0 N–H and O–H groups in total. The Balaban J connectivity index is 1.88. The minimum absolute atomic E-state index is 0.207. The first-order valence-electron chi connectivity index (χ1n) is 8.68. The summed E-state index contributed by atoms with van der Waals surface area (Å²) < 4.78 is 0. The van der Waals surface area contributed by atoms with Crippen molar-refractivity contribution in [2.45, 2.75) is 51.1 Å². The number of rotatable bonds is 4. The molecule has 0 aromatic heterocycles. The second kappa shape index (κ2) is 7.45. The Hall–Kier alpha value is -2.09. The molecular formula is C21H26N2. The minimum atomic E-state index is 0.207. The van der Waals surface area contributed by atoms with E-state index in [1.54, 1.807) is 0 Å². The molecule has 2 heteroatoms. The molecule has 2 aromatic rings. The third-order valence-corrected chi connectivity index (χ3v) is 4.81. The van der Waals surface area contributed by atoms with Crippen LogP contribution in [-0.2, 0) is 0 Å². The zero-order valence-corrected chi connectivity index (χ0v) is 14.1. The van der Waals surface area contributed by atoms with Gasteiger partial charge in [-0.05, 0) is 44.2 Å². The maximum absolute atomic E-state index is 4.91. The van der Waals surface area contributed by atoms with Gasteiger partial charge in [0.25, 0.3) is 0 Å². The van der Waals surface area contributed by atoms with Gasteiger partial charge < -0.3 is 0 Å². The predicted octanol–water partition coefficient (Wildman–Crippen LogP) is 5.07. The van der Waals surface area contributed by atoms with Crippen LogP contribution in [0.25, 0.3) is 0 Å².